The monoisotopic (exact) mass is 430 g/mol. The Balaban J connectivity index is 1.29. The second-order valence-corrected chi connectivity index (χ2v) is 8.76. The second-order valence-electron chi connectivity index (χ2n) is 8.76. The number of hydrogen-bond acceptors (Lipinski definition) is 4. The summed E-state index contributed by atoms with van der Waals surface area (Å²) in [5, 5.41) is 4.79. The fourth-order valence-electron chi connectivity index (χ4n) is 4.92. The summed E-state index contributed by atoms with van der Waals surface area (Å²) in [5.74, 6) is 1.00. The maximum atomic E-state index is 13.4. The van der Waals surface area contributed by atoms with Crippen LogP contribution in [0.1, 0.15) is 39.3 Å². The molecule has 1 aliphatic carbocycles. The summed E-state index contributed by atoms with van der Waals surface area (Å²) in [6.07, 6.45) is 3.01. The quantitative estimate of drug-likeness (QED) is 0.620. The minimum atomic E-state index is 0.0746. The molecular weight excluding hydrogens is 400 g/mol. The average Bonchev–Trinajstić information content (AvgIpc) is 3.43. The first-order chi connectivity index (χ1) is 15.6. The predicted octanol–water partition coefficient (Wildman–Crippen LogP) is 3.64. The molecule has 0 spiro atoms. The Morgan fingerprint density at radius 3 is 2.56 bits per heavy atom. The van der Waals surface area contributed by atoms with Gasteiger partial charge in [-0.1, -0.05) is 35.9 Å². The third-order valence-corrected chi connectivity index (χ3v) is 6.62. The molecule has 3 aromatic rings. The molecular formula is C26H30N4O2. The van der Waals surface area contributed by atoms with Gasteiger partial charge in [-0.2, -0.15) is 5.10 Å². The fourth-order valence-corrected chi connectivity index (χ4v) is 4.92. The molecule has 2 aromatic carbocycles. The summed E-state index contributed by atoms with van der Waals surface area (Å²) in [4.78, 5) is 17.8. The molecule has 0 bridgehead atoms. The lowest BCUT2D eigenvalue weighted by molar-refractivity contribution is 0.0620. The molecule has 0 radical (unpaired) electrons. The van der Waals surface area contributed by atoms with Gasteiger partial charge in [-0.05, 0) is 44.4 Å². The zero-order chi connectivity index (χ0) is 22.1. The van der Waals surface area contributed by atoms with Crippen LogP contribution in [0, 0.1) is 6.92 Å². The summed E-state index contributed by atoms with van der Waals surface area (Å²) < 4.78 is 7.52. The molecule has 1 aromatic heterocycles. The molecule has 1 aliphatic heterocycles. The molecule has 2 heterocycles. The van der Waals surface area contributed by atoms with Crippen molar-refractivity contribution in [3.63, 3.8) is 0 Å². The molecule has 1 amide bonds. The van der Waals surface area contributed by atoms with Crippen LogP contribution in [0.5, 0.6) is 5.75 Å². The fraction of sp³-hybridized carbons (Fsp3) is 0.385. The number of ether oxygens (including phenoxy) is 1. The Bertz CT molecular complexity index is 1110. The maximum absolute atomic E-state index is 13.4. The minimum Gasteiger partial charge on any atom is -0.496 e. The van der Waals surface area contributed by atoms with E-state index >= 15 is 0 Å². The van der Waals surface area contributed by atoms with Gasteiger partial charge in [0, 0.05) is 49.5 Å². The van der Waals surface area contributed by atoms with Crippen LogP contribution in [0.3, 0.4) is 0 Å². The minimum absolute atomic E-state index is 0.0746. The molecule has 6 heteroatoms. The number of benzene rings is 2. The van der Waals surface area contributed by atoms with Gasteiger partial charge in [0.25, 0.3) is 5.91 Å². The van der Waals surface area contributed by atoms with E-state index in [9.17, 15) is 4.79 Å². The van der Waals surface area contributed by atoms with Crippen molar-refractivity contribution in [2.24, 2.45) is 0 Å². The summed E-state index contributed by atoms with van der Waals surface area (Å²) in [7, 11) is 1.72. The number of piperazine rings is 1. The molecule has 1 saturated heterocycles. The van der Waals surface area contributed by atoms with E-state index in [0.717, 1.165) is 69.0 Å². The summed E-state index contributed by atoms with van der Waals surface area (Å²) in [5.41, 5.74) is 6.46. The number of methoxy groups -OCH3 is 1. The maximum Gasteiger partial charge on any atom is 0.274 e. The van der Waals surface area contributed by atoms with E-state index in [1.165, 1.54) is 16.8 Å². The predicted molar refractivity (Wildman–Crippen MR) is 125 cm³/mol. The van der Waals surface area contributed by atoms with Crippen molar-refractivity contribution < 1.29 is 9.53 Å². The molecule has 0 atom stereocenters. The van der Waals surface area contributed by atoms with Crippen molar-refractivity contribution in [3.05, 3.63) is 76.6 Å². The van der Waals surface area contributed by atoms with Crippen LogP contribution in [0.2, 0.25) is 0 Å². The molecule has 0 N–H and O–H groups in total. The molecule has 5 rings (SSSR count). The topological polar surface area (TPSA) is 50.6 Å². The number of hydrogen-bond donors (Lipinski definition) is 0. The molecule has 32 heavy (non-hydrogen) atoms. The van der Waals surface area contributed by atoms with E-state index in [0.29, 0.717) is 5.69 Å². The first-order valence-corrected chi connectivity index (χ1v) is 11.5. The number of para-hydroxylation sites is 1. The normalized spacial score (nSPS) is 16.2. The highest BCUT2D eigenvalue weighted by atomic mass is 16.5. The van der Waals surface area contributed by atoms with E-state index < -0.39 is 0 Å². The molecule has 6 nitrogen and oxygen atoms in total. The van der Waals surface area contributed by atoms with Crippen LogP contribution in [-0.2, 0) is 19.4 Å². The van der Waals surface area contributed by atoms with Gasteiger partial charge in [0.15, 0.2) is 5.69 Å². The lowest BCUT2D eigenvalue weighted by atomic mass is 10.1. The number of carbonyl (C=O) groups excluding carboxylic acids is 1. The standard InChI is InChI=1S/C26H30N4O2/c1-19-11-12-24(32-2)20(17-19)18-28-13-15-29(16-14-28)26(31)25-22-9-6-10-23(22)30(27-25)21-7-4-3-5-8-21/h3-5,7-8,11-12,17H,6,9-10,13-16,18H2,1-2H3. The zero-order valence-corrected chi connectivity index (χ0v) is 18.9. The van der Waals surface area contributed by atoms with Crippen LogP contribution >= 0.6 is 0 Å². The Morgan fingerprint density at radius 2 is 1.81 bits per heavy atom. The lowest BCUT2D eigenvalue weighted by Gasteiger charge is -2.34. The highest BCUT2D eigenvalue weighted by Crippen LogP contribution is 2.29. The van der Waals surface area contributed by atoms with Gasteiger partial charge in [-0.25, -0.2) is 4.68 Å². The van der Waals surface area contributed by atoms with Gasteiger partial charge in [-0.15, -0.1) is 0 Å². The van der Waals surface area contributed by atoms with Gasteiger partial charge < -0.3 is 9.64 Å². The SMILES string of the molecule is COc1ccc(C)cc1CN1CCN(C(=O)c2nn(-c3ccccc3)c3c2CCC3)CC1. The molecule has 0 saturated carbocycles. The van der Waals surface area contributed by atoms with Crippen molar-refractivity contribution in [1.29, 1.82) is 0 Å². The second kappa shape index (κ2) is 8.79. The molecule has 1 fully saturated rings. The van der Waals surface area contributed by atoms with Crippen LogP contribution in [0.25, 0.3) is 5.69 Å². The molecule has 2 aliphatic rings. The number of fused-ring (bicyclic) bond motifs is 1. The number of aryl methyl sites for hydroxylation is 1. The Labute approximate surface area is 189 Å². The summed E-state index contributed by atoms with van der Waals surface area (Å²) in [6.45, 7) is 6.09. The van der Waals surface area contributed by atoms with Gasteiger partial charge in [0.2, 0.25) is 0 Å². The van der Waals surface area contributed by atoms with Crippen LogP contribution in [0.4, 0.5) is 0 Å². The number of rotatable bonds is 5. The number of amides is 1. The van der Waals surface area contributed by atoms with Crippen LogP contribution < -0.4 is 4.74 Å². The average molecular weight is 431 g/mol. The first-order valence-electron chi connectivity index (χ1n) is 11.5. The van der Waals surface area contributed by atoms with Crippen molar-refractivity contribution in [2.75, 3.05) is 33.3 Å². The lowest BCUT2D eigenvalue weighted by Crippen LogP contribution is -2.48. The first kappa shape index (κ1) is 20.8. The van der Waals surface area contributed by atoms with E-state index in [-0.39, 0.29) is 5.91 Å². The smallest absolute Gasteiger partial charge is 0.274 e. The zero-order valence-electron chi connectivity index (χ0n) is 18.9. The number of aromatic nitrogens is 2. The summed E-state index contributed by atoms with van der Waals surface area (Å²) >= 11 is 0. The highest BCUT2D eigenvalue weighted by Gasteiger charge is 2.31. The van der Waals surface area contributed by atoms with Crippen molar-refractivity contribution in [2.45, 2.75) is 32.7 Å². The van der Waals surface area contributed by atoms with E-state index in [2.05, 4.69) is 36.1 Å². The van der Waals surface area contributed by atoms with Gasteiger partial charge in [0.1, 0.15) is 5.75 Å². The van der Waals surface area contributed by atoms with Crippen LogP contribution in [-0.4, -0.2) is 58.8 Å². The van der Waals surface area contributed by atoms with Gasteiger partial charge in [-0.3, -0.25) is 9.69 Å². The van der Waals surface area contributed by atoms with E-state index in [4.69, 9.17) is 9.84 Å². The number of nitrogens with zero attached hydrogens (tertiary/aromatic N) is 4. The van der Waals surface area contributed by atoms with Crippen molar-refractivity contribution >= 4 is 5.91 Å². The Kier molecular flexibility index (Phi) is 5.70. The third kappa shape index (κ3) is 3.91. The van der Waals surface area contributed by atoms with E-state index in [1.54, 1.807) is 7.11 Å². The van der Waals surface area contributed by atoms with Crippen molar-refractivity contribution in [1.82, 2.24) is 19.6 Å². The van der Waals surface area contributed by atoms with Crippen molar-refractivity contribution in [3.8, 4) is 11.4 Å². The Morgan fingerprint density at radius 1 is 1.03 bits per heavy atom. The van der Waals surface area contributed by atoms with Crippen LogP contribution in [0.15, 0.2) is 48.5 Å². The molecule has 0 unspecified atom stereocenters. The molecule has 166 valence electrons. The highest BCUT2D eigenvalue weighted by molar-refractivity contribution is 5.94. The third-order valence-electron chi connectivity index (χ3n) is 6.62. The van der Waals surface area contributed by atoms with E-state index in [1.807, 2.05) is 33.8 Å². The van der Waals surface area contributed by atoms with Gasteiger partial charge >= 0.3 is 0 Å². The van der Waals surface area contributed by atoms with Gasteiger partial charge in [0.05, 0.1) is 12.8 Å². The summed E-state index contributed by atoms with van der Waals surface area (Å²) in [6, 6.07) is 16.4. The largest absolute Gasteiger partial charge is 0.496 e. The number of carbonyl (C=O) groups is 1. The Hall–Kier alpha value is -3.12.